The van der Waals surface area contributed by atoms with Crippen molar-refractivity contribution >= 4 is 25.7 Å². The molecule has 2 aromatic rings. The van der Waals surface area contributed by atoms with Crippen molar-refractivity contribution in [1.82, 2.24) is 0 Å². The fourth-order valence-corrected chi connectivity index (χ4v) is 7.28. The molecule has 2 fully saturated rings. The Morgan fingerprint density at radius 1 is 1.06 bits per heavy atom. The monoisotopic (exact) mass is 551 g/mol. The average molecular weight is 551 g/mol. The Kier molecular flexibility index (Phi) is 7.93. The Bertz CT molecular complexity index is 1060. The number of hydrogen-bond acceptors (Lipinski definition) is 3. The zero-order valence-corrected chi connectivity index (χ0v) is 23.9. The van der Waals surface area contributed by atoms with E-state index in [4.69, 9.17) is 9.08 Å². The molecule has 4 nitrogen and oxygen atoms in total. The molecular formula is C27H36BCrF2NO3Si. The van der Waals surface area contributed by atoms with Crippen LogP contribution in [0.15, 0.2) is 60.7 Å². The standard InChI is InChI=1S/C27H36BF2NO3Si.Cr/c1-22-25(19-34-35(2,3)4)27(16-15-26(22)32)20-31(28(29,30)33-21-27,17-23-11-7-5-8-12-23)18-24-13-9-6-10-14-24;/h5-14,22,25H,15-20H2,1-4H3;/t22-,25-,27-;/m0./s1. The molecule has 1 saturated carbocycles. The zero-order chi connectivity index (χ0) is 26.2. The van der Waals surface area contributed by atoms with Crippen LogP contribution in [0.2, 0.25) is 19.6 Å². The van der Waals surface area contributed by atoms with Crippen LogP contribution in [0, 0.1) is 17.3 Å². The van der Waals surface area contributed by atoms with Crippen molar-refractivity contribution in [3.05, 3.63) is 71.8 Å². The van der Waals surface area contributed by atoms with Gasteiger partial charge in [0.25, 0.3) is 0 Å². The van der Waals surface area contributed by atoms with Crippen molar-refractivity contribution in [2.75, 3.05) is 13.2 Å². The van der Waals surface area contributed by atoms with E-state index in [0.29, 0.717) is 19.4 Å². The van der Waals surface area contributed by atoms with E-state index in [1.54, 1.807) is 0 Å². The third kappa shape index (κ3) is 5.52. The molecule has 0 aromatic heterocycles. The molecule has 0 N–H and O–H groups in total. The summed E-state index contributed by atoms with van der Waals surface area (Å²) in [5.74, 6) is -0.362. The number of halogens is 2. The molecular weight excluding hydrogens is 515 g/mol. The van der Waals surface area contributed by atoms with Crippen LogP contribution in [0.3, 0.4) is 0 Å². The molecule has 1 spiro atoms. The van der Waals surface area contributed by atoms with Gasteiger partial charge >= 0.3 is 223 Å². The molecule has 1 aliphatic carbocycles. The van der Waals surface area contributed by atoms with Gasteiger partial charge in [0.1, 0.15) is 0 Å². The van der Waals surface area contributed by atoms with Crippen LogP contribution >= 0.6 is 0 Å². The van der Waals surface area contributed by atoms with Gasteiger partial charge in [0.15, 0.2) is 0 Å². The fourth-order valence-electron chi connectivity index (χ4n) is 5.92. The summed E-state index contributed by atoms with van der Waals surface area (Å²) in [6.45, 7) is 9.08. The van der Waals surface area contributed by atoms with Crippen LogP contribution in [-0.4, -0.2) is 43.3 Å². The van der Waals surface area contributed by atoms with Gasteiger partial charge in [0, 0.05) is 0 Å². The van der Waals surface area contributed by atoms with Gasteiger partial charge in [-0.15, -0.1) is 0 Å². The molecule has 0 radical (unpaired) electrons. The fraction of sp³-hybridized carbons (Fsp3) is 0.481. The first kappa shape index (κ1) is 27.6. The first-order chi connectivity index (χ1) is 16.9. The van der Waals surface area contributed by atoms with E-state index in [9.17, 15) is 4.79 Å². The van der Waals surface area contributed by atoms with E-state index in [2.05, 4.69) is 35.5 Å². The Morgan fingerprint density at radius 2 is 1.58 bits per heavy atom. The molecule has 1 saturated heterocycles. The Hall–Kier alpha value is -1.47. The van der Waals surface area contributed by atoms with Crippen LogP contribution in [0.1, 0.15) is 30.9 Å². The number of benzene rings is 2. The molecule has 1 heterocycles. The summed E-state index contributed by atoms with van der Waals surface area (Å²) in [4.78, 5) is 12.9. The van der Waals surface area contributed by atoms with Gasteiger partial charge in [-0.2, -0.15) is 0 Å². The van der Waals surface area contributed by atoms with Crippen molar-refractivity contribution < 1.29 is 42.8 Å². The van der Waals surface area contributed by atoms with E-state index in [1.807, 2.05) is 67.6 Å². The van der Waals surface area contributed by atoms with E-state index in [1.165, 1.54) is 0 Å². The quantitative estimate of drug-likeness (QED) is 0.412. The van der Waals surface area contributed by atoms with Gasteiger partial charge in [-0.3, -0.25) is 0 Å². The Morgan fingerprint density at radius 3 is 2.08 bits per heavy atom. The van der Waals surface area contributed by atoms with Gasteiger partial charge in [-0.05, 0) is 0 Å². The van der Waals surface area contributed by atoms with Crippen molar-refractivity contribution in [1.29, 1.82) is 0 Å². The predicted octanol–water partition coefficient (Wildman–Crippen LogP) is 5.74. The van der Waals surface area contributed by atoms with Gasteiger partial charge in [0.05, 0.1) is 0 Å². The minimum atomic E-state index is -4.28. The topological polar surface area (TPSA) is 35.5 Å². The minimum absolute atomic E-state index is 0.141. The SMILES string of the molecule is C[C@@H]1C(=O)CC[C@@]2(C[N+](Cc3ccccc3)(Cc3ccccc3)[B-](F)(F)O[C]2=[Cr])[C@H]1CO[Si](C)(C)C. The number of quaternary nitrogens is 1. The second-order valence-electron chi connectivity index (χ2n) is 11.6. The van der Waals surface area contributed by atoms with Crippen LogP contribution in [0.4, 0.5) is 8.63 Å². The summed E-state index contributed by atoms with van der Waals surface area (Å²) in [5, 5.41) is 0. The van der Waals surface area contributed by atoms with Crippen LogP contribution in [0.25, 0.3) is 0 Å². The van der Waals surface area contributed by atoms with Gasteiger partial charge in [0.2, 0.25) is 0 Å². The number of nitrogens with zero attached hydrogens (tertiary/aromatic N) is 1. The maximum absolute atomic E-state index is 16.2. The number of carbonyl (C=O) groups excluding carboxylic acids is 1. The van der Waals surface area contributed by atoms with E-state index >= 15 is 8.63 Å². The summed E-state index contributed by atoms with van der Waals surface area (Å²) >= 11 is 2.89. The van der Waals surface area contributed by atoms with E-state index in [-0.39, 0.29) is 41.8 Å². The summed E-state index contributed by atoms with van der Waals surface area (Å²) in [6, 6.07) is 18.9. The number of carbonyl (C=O) groups is 1. The van der Waals surface area contributed by atoms with Crippen molar-refractivity contribution in [2.24, 2.45) is 17.3 Å². The molecule has 3 atom stereocenters. The molecule has 1 aliphatic heterocycles. The van der Waals surface area contributed by atoms with Gasteiger partial charge in [-0.1, -0.05) is 0 Å². The first-order valence-electron chi connectivity index (χ1n) is 12.7. The third-order valence-corrected chi connectivity index (χ3v) is 9.72. The van der Waals surface area contributed by atoms with Gasteiger partial charge in [-0.25, -0.2) is 0 Å². The maximum atomic E-state index is 16.2. The molecule has 4 rings (SSSR count). The molecule has 2 aliphatic rings. The molecule has 0 bridgehead atoms. The summed E-state index contributed by atoms with van der Waals surface area (Å²) in [6.07, 6.45) is 0.836. The third-order valence-electron chi connectivity index (χ3n) is 7.91. The predicted molar refractivity (Wildman–Crippen MR) is 138 cm³/mol. The molecule has 0 amide bonds. The zero-order valence-electron chi connectivity index (χ0n) is 21.6. The summed E-state index contributed by atoms with van der Waals surface area (Å²) in [5.41, 5.74) is 0.958. The summed E-state index contributed by atoms with van der Waals surface area (Å²) in [7, 11) is -6.18. The van der Waals surface area contributed by atoms with Crippen LogP contribution in [-0.2, 0) is 42.8 Å². The Balaban J connectivity index is 1.82. The Labute approximate surface area is 222 Å². The number of rotatable bonds is 7. The molecule has 194 valence electrons. The average Bonchev–Trinajstić information content (AvgIpc) is 2.80. The molecule has 36 heavy (non-hydrogen) atoms. The second kappa shape index (κ2) is 10.4. The normalized spacial score (nSPS) is 27.8. The van der Waals surface area contributed by atoms with Crippen molar-refractivity contribution in [2.45, 2.75) is 52.5 Å². The van der Waals surface area contributed by atoms with Gasteiger partial charge < -0.3 is 0 Å². The molecule has 9 heteroatoms. The number of ketones is 1. The molecule has 2 aromatic carbocycles. The van der Waals surface area contributed by atoms with Crippen LogP contribution < -0.4 is 0 Å². The van der Waals surface area contributed by atoms with Crippen molar-refractivity contribution in [3.8, 4) is 0 Å². The van der Waals surface area contributed by atoms with Crippen molar-refractivity contribution in [3.63, 3.8) is 0 Å². The van der Waals surface area contributed by atoms with E-state index in [0.717, 1.165) is 11.1 Å². The first-order valence-corrected chi connectivity index (χ1v) is 16.8. The van der Waals surface area contributed by atoms with E-state index < -0.39 is 25.2 Å². The molecule has 0 unspecified atom stereocenters. The summed E-state index contributed by atoms with van der Waals surface area (Å²) < 4.78 is 44.2. The number of Topliss-reactive ketones (excluding diaryl/α,β-unsaturated/α-hetero) is 1. The second-order valence-corrected chi connectivity index (χ2v) is 16.7. The number of hydrogen-bond donors (Lipinski definition) is 0. The van der Waals surface area contributed by atoms with Crippen LogP contribution in [0.5, 0.6) is 0 Å².